The molecule has 4 aromatic rings. The standard InChI is InChI=1S/C30H24/c1-18-15-16-26-24(17-18)28-23-13-7-8-14-25(23)30(26,2)29-21-11-5-3-9-19(21)27(28)20-10-4-6-12-22(20)29/h3-17,27-29H,1-2H3. The summed E-state index contributed by atoms with van der Waals surface area (Å²) in [6.07, 6.45) is 0. The summed E-state index contributed by atoms with van der Waals surface area (Å²) in [6.45, 7) is 4.74. The van der Waals surface area contributed by atoms with Gasteiger partial charge in [0.05, 0.1) is 0 Å². The van der Waals surface area contributed by atoms with E-state index in [0.29, 0.717) is 17.8 Å². The Hall–Kier alpha value is -3.12. The van der Waals surface area contributed by atoms with E-state index in [2.05, 4.69) is 105 Å². The summed E-state index contributed by atoms with van der Waals surface area (Å²) in [5, 5.41) is 0. The molecule has 2 atom stereocenters. The van der Waals surface area contributed by atoms with E-state index in [1.165, 1.54) is 50.1 Å². The molecule has 0 aromatic heterocycles. The van der Waals surface area contributed by atoms with E-state index in [9.17, 15) is 0 Å². The van der Waals surface area contributed by atoms with Crippen LogP contribution >= 0.6 is 0 Å². The maximum absolute atomic E-state index is 2.50. The summed E-state index contributed by atoms with van der Waals surface area (Å²) in [6, 6.07) is 35.0. The molecule has 144 valence electrons. The first-order valence-electron chi connectivity index (χ1n) is 11.1. The van der Waals surface area contributed by atoms with Crippen molar-refractivity contribution in [2.45, 2.75) is 37.0 Å². The van der Waals surface area contributed by atoms with Crippen LogP contribution in [0.25, 0.3) is 0 Å². The van der Waals surface area contributed by atoms with Crippen molar-refractivity contribution in [3.8, 4) is 0 Å². The molecule has 2 unspecified atom stereocenters. The molecular formula is C30H24. The van der Waals surface area contributed by atoms with E-state index in [1.807, 2.05) is 0 Å². The summed E-state index contributed by atoms with van der Waals surface area (Å²) < 4.78 is 0. The first-order chi connectivity index (χ1) is 14.7. The summed E-state index contributed by atoms with van der Waals surface area (Å²) in [7, 11) is 0. The Balaban J connectivity index is 1.73. The monoisotopic (exact) mass is 384 g/mol. The van der Waals surface area contributed by atoms with Crippen LogP contribution in [0.5, 0.6) is 0 Å². The predicted octanol–water partition coefficient (Wildman–Crippen LogP) is 7.04. The van der Waals surface area contributed by atoms with Crippen LogP contribution in [0.4, 0.5) is 0 Å². The van der Waals surface area contributed by atoms with Crippen LogP contribution in [0.15, 0.2) is 91.0 Å². The van der Waals surface area contributed by atoms with Gasteiger partial charge >= 0.3 is 0 Å². The number of aryl methyl sites for hydroxylation is 1. The maximum atomic E-state index is 2.50. The molecule has 6 aliphatic rings. The van der Waals surface area contributed by atoms with Crippen molar-refractivity contribution in [3.63, 3.8) is 0 Å². The molecular weight excluding hydrogens is 360 g/mol. The second-order valence-corrected chi connectivity index (χ2v) is 9.53. The van der Waals surface area contributed by atoms with Crippen molar-refractivity contribution < 1.29 is 0 Å². The zero-order valence-corrected chi connectivity index (χ0v) is 17.4. The molecule has 0 spiro atoms. The summed E-state index contributed by atoms with van der Waals surface area (Å²) in [4.78, 5) is 0. The third-order valence-corrected chi connectivity index (χ3v) is 8.15. The molecule has 10 rings (SSSR count). The van der Waals surface area contributed by atoms with Gasteiger partial charge in [0.2, 0.25) is 0 Å². The van der Waals surface area contributed by atoms with Gasteiger partial charge in [0.15, 0.2) is 0 Å². The minimum Gasteiger partial charge on any atom is -0.0620 e. The fraction of sp³-hybridized carbons (Fsp3) is 0.200. The molecule has 0 amide bonds. The summed E-state index contributed by atoms with van der Waals surface area (Å²) >= 11 is 0. The van der Waals surface area contributed by atoms with Crippen molar-refractivity contribution in [1.82, 2.24) is 0 Å². The van der Waals surface area contributed by atoms with Crippen LogP contribution in [-0.4, -0.2) is 0 Å². The van der Waals surface area contributed by atoms with Crippen LogP contribution in [0, 0.1) is 6.92 Å². The molecule has 30 heavy (non-hydrogen) atoms. The molecule has 0 nitrogen and oxygen atoms in total. The molecule has 0 heteroatoms. The Morgan fingerprint density at radius 2 is 1.03 bits per heavy atom. The molecule has 4 aromatic carbocycles. The van der Waals surface area contributed by atoms with E-state index < -0.39 is 0 Å². The second-order valence-electron chi connectivity index (χ2n) is 9.53. The van der Waals surface area contributed by atoms with Gasteiger partial charge in [-0.15, -0.1) is 0 Å². The van der Waals surface area contributed by atoms with Crippen LogP contribution in [-0.2, 0) is 5.41 Å². The SMILES string of the molecule is Cc1ccc2c(c1)C1c3ccccc3C2(C)C2c3ccccc3C1c1ccccc12. The van der Waals surface area contributed by atoms with Crippen molar-refractivity contribution >= 4 is 0 Å². The molecule has 0 radical (unpaired) electrons. The Bertz CT molecular complexity index is 1300. The fourth-order valence-electron chi connectivity index (χ4n) is 7.07. The lowest BCUT2D eigenvalue weighted by molar-refractivity contribution is 0.420. The minimum absolute atomic E-state index is 0.0896. The maximum Gasteiger partial charge on any atom is 0.0289 e. The van der Waals surface area contributed by atoms with Gasteiger partial charge in [-0.25, -0.2) is 0 Å². The normalized spacial score (nSPS) is 26.8. The summed E-state index contributed by atoms with van der Waals surface area (Å²) in [5.41, 5.74) is 13.5. The topological polar surface area (TPSA) is 0 Å². The highest BCUT2D eigenvalue weighted by Crippen LogP contribution is 2.65. The average Bonchev–Trinajstić information content (AvgIpc) is 2.77. The van der Waals surface area contributed by atoms with Gasteiger partial charge in [-0.1, -0.05) is 103 Å². The van der Waals surface area contributed by atoms with Crippen molar-refractivity contribution in [1.29, 1.82) is 0 Å². The van der Waals surface area contributed by atoms with Gasteiger partial charge in [-0.05, 0) is 51.4 Å². The summed E-state index contributed by atoms with van der Waals surface area (Å²) in [5.74, 6) is 1.04. The van der Waals surface area contributed by atoms with Crippen LogP contribution in [0.1, 0.15) is 74.7 Å². The first-order valence-corrected chi connectivity index (χ1v) is 11.1. The highest BCUT2D eigenvalue weighted by molar-refractivity contribution is 5.70. The Labute approximate surface area is 178 Å². The van der Waals surface area contributed by atoms with Gasteiger partial charge in [0, 0.05) is 23.2 Å². The smallest absolute Gasteiger partial charge is 0.0289 e. The van der Waals surface area contributed by atoms with Crippen molar-refractivity contribution in [2.75, 3.05) is 0 Å². The molecule has 4 bridgehead atoms. The van der Waals surface area contributed by atoms with Gasteiger partial charge in [-0.2, -0.15) is 0 Å². The molecule has 0 aliphatic heterocycles. The fourth-order valence-corrected chi connectivity index (χ4v) is 7.07. The van der Waals surface area contributed by atoms with E-state index in [4.69, 9.17) is 0 Å². The predicted molar refractivity (Wildman–Crippen MR) is 122 cm³/mol. The van der Waals surface area contributed by atoms with Crippen LogP contribution in [0.3, 0.4) is 0 Å². The third kappa shape index (κ3) is 1.80. The zero-order valence-electron chi connectivity index (χ0n) is 17.4. The molecule has 6 aliphatic carbocycles. The van der Waals surface area contributed by atoms with E-state index in [-0.39, 0.29) is 5.41 Å². The zero-order chi connectivity index (χ0) is 20.0. The lowest BCUT2D eigenvalue weighted by atomic mass is 9.47. The van der Waals surface area contributed by atoms with Crippen LogP contribution in [0.2, 0.25) is 0 Å². The highest BCUT2D eigenvalue weighted by atomic mass is 14.6. The number of hydrogen-bond acceptors (Lipinski definition) is 0. The number of benzene rings is 4. The van der Waals surface area contributed by atoms with E-state index >= 15 is 0 Å². The highest BCUT2D eigenvalue weighted by Gasteiger charge is 2.55. The molecule has 0 saturated carbocycles. The Morgan fingerprint density at radius 3 is 1.70 bits per heavy atom. The van der Waals surface area contributed by atoms with E-state index in [1.54, 1.807) is 0 Å². The molecule has 0 N–H and O–H groups in total. The largest absolute Gasteiger partial charge is 0.0620 e. The van der Waals surface area contributed by atoms with Gasteiger partial charge in [0.1, 0.15) is 0 Å². The van der Waals surface area contributed by atoms with Crippen LogP contribution < -0.4 is 0 Å². The quantitative estimate of drug-likeness (QED) is 0.305. The third-order valence-electron chi connectivity index (χ3n) is 8.15. The average molecular weight is 385 g/mol. The minimum atomic E-state index is -0.0896. The van der Waals surface area contributed by atoms with E-state index in [0.717, 1.165) is 0 Å². The van der Waals surface area contributed by atoms with Crippen molar-refractivity contribution in [2.24, 2.45) is 0 Å². The molecule has 0 fully saturated rings. The van der Waals surface area contributed by atoms with Crippen molar-refractivity contribution in [3.05, 3.63) is 141 Å². The number of rotatable bonds is 0. The van der Waals surface area contributed by atoms with Gasteiger partial charge in [0.25, 0.3) is 0 Å². The number of hydrogen-bond donors (Lipinski definition) is 0. The van der Waals surface area contributed by atoms with Gasteiger partial charge in [-0.3, -0.25) is 0 Å². The molecule has 0 heterocycles. The Morgan fingerprint density at radius 1 is 0.533 bits per heavy atom. The molecule has 0 saturated heterocycles. The lowest BCUT2D eigenvalue weighted by Gasteiger charge is -2.55. The van der Waals surface area contributed by atoms with Gasteiger partial charge < -0.3 is 0 Å². The second kappa shape index (κ2) is 5.52. The Kier molecular flexibility index (Phi) is 3.06. The first kappa shape index (κ1) is 16.7. The lowest BCUT2D eigenvalue weighted by Crippen LogP contribution is -2.45.